The molecule has 0 aliphatic heterocycles. The van der Waals surface area contributed by atoms with Crippen molar-refractivity contribution in [1.29, 1.82) is 0 Å². The Morgan fingerprint density at radius 3 is 2.18 bits per heavy atom. The molecule has 0 unspecified atom stereocenters. The largest absolute Gasteiger partial charge is 0.352 e. The molecule has 0 bridgehead atoms. The van der Waals surface area contributed by atoms with Gasteiger partial charge in [0.1, 0.15) is 0 Å². The lowest BCUT2D eigenvalue weighted by molar-refractivity contribution is 0.0928. The first-order valence-electron chi connectivity index (χ1n) is 13.1. The number of amides is 1. The van der Waals surface area contributed by atoms with Crippen molar-refractivity contribution in [3.05, 3.63) is 116 Å². The van der Waals surface area contributed by atoms with Crippen LogP contribution in [0.2, 0.25) is 0 Å². The van der Waals surface area contributed by atoms with Gasteiger partial charge in [0.15, 0.2) is 0 Å². The van der Waals surface area contributed by atoms with Crippen LogP contribution in [-0.4, -0.2) is 30.7 Å². The van der Waals surface area contributed by atoms with Crippen molar-refractivity contribution in [2.75, 3.05) is 0 Å². The molecule has 1 aliphatic carbocycles. The minimum atomic E-state index is -0.361. The Kier molecular flexibility index (Phi) is 6.37. The van der Waals surface area contributed by atoms with Gasteiger partial charge < -0.3 is 5.32 Å². The van der Waals surface area contributed by atoms with E-state index < -0.39 is 0 Å². The molecule has 2 heterocycles. The molecule has 6 rings (SSSR count). The number of nitrogens with one attached hydrogen (secondary N) is 1. The van der Waals surface area contributed by atoms with Crippen molar-refractivity contribution in [1.82, 2.24) is 24.1 Å². The summed E-state index contributed by atoms with van der Waals surface area (Å²) in [4.78, 5) is 40.5. The third-order valence-corrected chi connectivity index (χ3v) is 7.34. The average Bonchev–Trinajstić information content (AvgIpc) is 3.28. The van der Waals surface area contributed by atoms with Gasteiger partial charge >= 0.3 is 5.69 Å². The van der Waals surface area contributed by atoms with Crippen molar-refractivity contribution >= 4 is 22.6 Å². The van der Waals surface area contributed by atoms with Gasteiger partial charge in [-0.3, -0.25) is 14.2 Å². The summed E-state index contributed by atoms with van der Waals surface area (Å²) in [6.45, 7) is 0.537. The maximum Gasteiger partial charge on any atom is 0.352 e. The van der Waals surface area contributed by atoms with E-state index in [4.69, 9.17) is 0 Å². The second-order valence-corrected chi connectivity index (χ2v) is 9.98. The molecule has 0 atom stereocenters. The highest BCUT2D eigenvalue weighted by molar-refractivity contribution is 5.98. The molecule has 1 saturated carbocycles. The summed E-state index contributed by atoms with van der Waals surface area (Å²) < 4.78 is 4.36. The smallest absolute Gasteiger partial charge is 0.349 e. The highest BCUT2D eigenvalue weighted by atomic mass is 16.2. The Morgan fingerprint density at radius 2 is 1.50 bits per heavy atom. The summed E-state index contributed by atoms with van der Waals surface area (Å²) in [5.74, 6) is 0.0577. The van der Waals surface area contributed by atoms with Crippen LogP contribution >= 0.6 is 0 Å². The fourth-order valence-electron chi connectivity index (χ4n) is 5.34. The quantitative estimate of drug-likeness (QED) is 0.377. The molecule has 0 radical (unpaired) electrons. The summed E-state index contributed by atoms with van der Waals surface area (Å²) in [6.07, 6.45) is 5.37. The van der Waals surface area contributed by atoms with Crippen molar-refractivity contribution < 1.29 is 4.79 Å². The second kappa shape index (κ2) is 10.1. The summed E-state index contributed by atoms with van der Waals surface area (Å²) in [5.41, 5.74) is 2.03. The molecule has 192 valence electrons. The minimum Gasteiger partial charge on any atom is -0.349 e. The van der Waals surface area contributed by atoms with Crippen LogP contribution in [0.15, 0.2) is 88.5 Å². The highest BCUT2D eigenvalue weighted by Crippen LogP contribution is 2.19. The molecule has 1 aliphatic rings. The maximum absolute atomic E-state index is 13.7. The van der Waals surface area contributed by atoms with Gasteiger partial charge in [-0.2, -0.15) is 0 Å². The molecule has 8 heteroatoms. The van der Waals surface area contributed by atoms with E-state index in [0.717, 1.165) is 36.8 Å². The van der Waals surface area contributed by atoms with Crippen molar-refractivity contribution in [3.63, 3.8) is 0 Å². The molecule has 0 spiro atoms. The Hall–Kier alpha value is -4.46. The first-order valence-corrected chi connectivity index (χ1v) is 13.1. The number of nitrogens with zero attached hydrogens (tertiary/aromatic N) is 4. The summed E-state index contributed by atoms with van der Waals surface area (Å²) >= 11 is 0. The number of carbonyl (C=O) groups is 1. The van der Waals surface area contributed by atoms with Crippen molar-refractivity contribution in [2.24, 2.45) is 0 Å². The molecule has 8 nitrogen and oxygen atoms in total. The first kappa shape index (κ1) is 23.9. The molecule has 38 heavy (non-hydrogen) atoms. The fraction of sp³-hybridized carbons (Fsp3) is 0.267. The van der Waals surface area contributed by atoms with Crippen molar-refractivity contribution in [2.45, 2.75) is 51.2 Å². The van der Waals surface area contributed by atoms with E-state index in [1.165, 1.54) is 20.1 Å². The van der Waals surface area contributed by atoms with E-state index in [1.54, 1.807) is 18.2 Å². The summed E-state index contributed by atoms with van der Waals surface area (Å²) in [5, 5.41) is 8.11. The summed E-state index contributed by atoms with van der Waals surface area (Å²) in [6, 6.07) is 24.3. The number of fused-ring (bicyclic) bond motifs is 3. The van der Waals surface area contributed by atoms with Crippen LogP contribution in [0.25, 0.3) is 16.7 Å². The number of benzene rings is 3. The second-order valence-electron chi connectivity index (χ2n) is 9.98. The molecular formula is C30H29N5O3. The normalized spacial score (nSPS) is 14.2. The lowest BCUT2D eigenvalue weighted by Crippen LogP contribution is -2.36. The third kappa shape index (κ3) is 4.53. The van der Waals surface area contributed by atoms with Gasteiger partial charge in [-0.1, -0.05) is 79.9 Å². The maximum atomic E-state index is 13.7. The molecule has 1 fully saturated rings. The number of rotatable bonds is 6. The molecule has 5 aromatic rings. The van der Waals surface area contributed by atoms with E-state index in [9.17, 15) is 14.4 Å². The van der Waals surface area contributed by atoms with Gasteiger partial charge in [-0.05, 0) is 42.2 Å². The number of hydrogen-bond acceptors (Lipinski definition) is 4. The van der Waals surface area contributed by atoms with Crippen molar-refractivity contribution in [3.8, 4) is 0 Å². The molecular weight excluding hydrogens is 478 g/mol. The monoisotopic (exact) mass is 507 g/mol. The molecule has 3 aromatic carbocycles. The standard InChI is InChI=1S/C30H29N5O3/c36-27(31-24-14-8-3-9-15-24)23-16-17-25-26(18-23)35-29(33(28(25)37)19-21-10-4-1-5-11-21)32-34(30(35)38)20-22-12-6-2-7-13-22/h1-2,4-7,10-13,16-18,24H,3,8-9,14-15,19-20H2,(H,31,36). The molecule has 2 aromatic heterocycles. The highest BCUT2D eigenvalue weighted by Gasteiger charge is 2.21. The lowest BCUT2D eigenvalue weighted by atomic mass is 9.95. The Morgan fingerprint density at radius 1 is 0.842 bits per heavy atom. The number of hydrogen-bond donors (Lipinski definition) is 1. The van der Waals surface area contributed by atoms with Crippen LogP contribution in [0.1, 0.15) is 53.6 Å². The predicted molar refractivity (Wildman–Crippen MR) is 147 cm³/mol. The van der Waals surface area contributed by atoms with Gasteiger partial charge in [0.05, 0.1) is 24.0 Å². The average molecular weight is 508 g/mol. The van der Waals surface area contributed by atoms with Crippen LogP contribution in [0, 0.1) is 0 Å². The van der Waals surface area contributed by atoms with E-state index in [0.29, 0.717) is 16.5 Å². The first-order chi connectivity index (χ1) is 18.6. The number of carbonyl (C=O) groups excluding carboxylic acids is 1. The topological polar surface area (TPSA) is 90.4 Å². The van der Waals surface area contributed by atoms with Crippen LogP contribution in [0.3, 0.4) is 0 Å². The van der Waals surface area contributed by atoms with Gasteiger partial charge in [-0.15, -0.1) is 5.10 Å². The molecule has 0 saturated heterocycles. The third-order valence-electron chi connectivity index (χ3n) is 7.34. The van der Waals surface area contributed by atoms with Gasteiger partial charge in [0.25, 0.3) is 11.5 Å². The van der Waals surface area contributed by atoms with E-state index >= 15 is 0 Å². The van der Waals surface area contributed by atoms with E-state index in [1.807, 2.05) is 60.7 Å². The Balaban J connectivity index is 1.50. The fourth-order valence-corrected chi connectivity index (χ4v) is 5.34. The van der Waals surface area contributed by atoms with E-state index in [-0.39, 0.29) is 42.1 Å². The zero-order valence-electron chi connectivity index (χ0n) is 21.0. The van der Waals surface area contributed by atoms with Gasteiger partial charge in [0.2, 0.25) is 5.78 Å². The Bertz CT molecular complexity index is 1730. The van der Waals surface area contributed by atoms with Crippen LogP contribution < -0.4 is 16.6 Å². The number of aromatic nitrogens is 4. The van der Waals surface area contributed by atoms with Gasteiger partial charge in [0, 0.05) is 11.6 Å². The zero-order valence-corrected chi connectivity index (χ0v) is 21.0. The van der Waals surface area contributed by atoms with Gasteiger partial charge in [-0.25, -0.2) is 13.9 Å². The minimum absolute atomic E-state index is 0.155. The molecule has 1 amide bonds. The van der Waals surface area contributed by atoms with Crippen LogP contribution in [0.4, 0.5) is 0 Å². The molecule has 1 N–H and O–H groups in total. The summed E-state index contributed by atoms with van der Waals surface area (Å²) in [7, 11) is 0. The predicted octanol–water partition coefficient (Wildman–Crippen LogP) is 3.97. The van der Waals surface area contributed by atoms with Crippen LogP contribution in [-0.2, 0) is 13.1 Å². The Labute approximate surface area is 219 Å². The van der Waals surface area contributed by atoms with Crippen LogP contribution in [0.5, 0.6) is 0 Å². The zero-order chi connectivity index (χ0) is 26.1. The SMILES string of the molecule is O=C(NC1CCCCC1)c1ccc2c(=O)n(Cc3ccccc3)c3nn(Cc4ccccc4)c(=O)n3c2c1. The van der Waals surface area contributed by atoms with E-state index in [2.05, 4.69) is 10.4 Å². The lowest BCUT2D eigenvalue weighted by Gasteiger charge is -2.22.